The molecule has 3 N–H and O–H groups in total. The van der Waals surface area contributed by atoms with Crippen molar-refractivity contribution in [3.8, 4) is 0 Å². The maximum Gasteiger partial charge on any atom is 0.174 e. The maximum absolute atomic E-state index is 5.09. The fourth-order valence-corrected chi connectivity index (χ4v) is 3.60. The molecule has 16 heavy (non-hydrogen) atoms. The van der Waals surface area contributed by atoms with Crippen LogP contribution in [-0.2, 0) is 0 Å². The molecule has 4 heteroatoms. The van der Waals surface area contributed by atoms with E-state index < -0.39 is 0 Å². The van der Waals surface area contributed by atoms with E-state index in [-0.39, 0.29) is 0 Å². The Morgan fingerprint density at radius 2 is 1.88 bits per heavy atom. The van der Waals surface area contributed by atoms with Gasteiger partial charge in [0.15, 0.2) is 18.4 Å². The van der Waals surface area contributed by atoms with Gasteiger partial charge in [-0.3, -0.25) is 4.90 Å². The third kappa shape index (κ3) is 2.86. The first kappa shape index (κ1) is 12.1. The average Bonchev–Trinajstić information content (AvgIpc) is 2.15. The SMILES string of the molecule is C[C@H]1C[C@H]([NH+]2CNC(=S)NC2)CC(C)(C)C1. The second-order valence-electron chi connectivity index (χ2n) is 6.30. The molecule has 1 aliphatic carbocycles. The Balaban J connectivity index is 1.96. The zero-order valence-corrected chi connectivity index (χ0v) is 11.4. The monoisotopic (exact) mass is 242 g/mol. The molecule has 1 saturated heterocycles. The normalized spacial score (nSPS) is 35.3. The van der Waals surface area contributed by atoms with Crippen molar-refractivity contribution in [1.82, 2.24) is 10.6 Å². The summed E-state index contributed by atoms with van der Waals surface area (Å²) in [6.45, 7) is 9.18. The number of thiocarbonyl (C=S) groups is 1. The van der Waals surface area contributed by atoms with E-state index in [0.29, 0.717) is 5.41 Å². The van der Waals surface area contributed by atoms with E-state index in [4.69, 9.17) is 12.2 Å². The Morgan fingerprint density at radius 3 is 2.44 bits per heavy atom. The molecule has 0 unspecified atom stereocenters. The first-order valence-corrected chi connectivity index (χ1v) is 6.73. The van der Waals surface area contributed by atoms with Crippen LogP contribution in [0.25, 0.3) is 0 Å². The van der Waals surface area contributed by atoms with Crippen LogP contribution in [0.3, 0.4) is 0 Å². The second-order valence-corrected chi connectivity index (χ2v) is 6.71. The quantitative estimate of drug-likeness (QED) is 0.584. The molecule has 0 aromatic heterocycles. The topological polar surface area (TPSA) is 28.5 Å². The van der Waals surface area contributed by atoms with Crippen molar-refractivity contribution >= 4 is 17.3 Å². The summed E-state index contributed by atoms with van der Waals surface area (Å²) < 4.78 is 0. The van der Waals surface area contributed by atoms with Gasteiger partial charge in [-0.25, -0.2) is 0 Å². The zero-order valence-electron chi connectivity index (χ0n) is 10.6. The Morgan fingerprint density at radius 1 is 1.25 bits per heavy atom. The summed E-state index contributed by atoms with van der Waals surface area (Å²) in [5.41, 5.74) is 0.507. The first-order valence-electron chi connectivity index (χ1n) is 6.32. The Bertz CT molecular complexity index is 267. The molecule has 0 bridgehead atoms. The lowest BCUT2D eigenvalue weighted by Crippen LogP contribution is -3.20. The maximum atomic E-state index is 5.09. The van der Waals surface area contributed by atoms with Crippen molar-refractivity contribution in [2.75, 3.05) is 13.3 Å². The Labute approximate surface area is 104 Å². The standard InChI is InChI=1S/C12H23N3S/c1-9-4-10(6-12(2,3)5-9)15-7-13-11(16)14-8-15/h9-10H,4-8H2,1-3H3,(H2,13,14,16)/p+1/t9-,10-/m0/s1. The summed E-state index contributed by atoms with van der Waals surface area (Å²) in [6.07, 6.45) is 4.06. The Kier molecular flexibility index (Phi) is 3.40. The van der Waals surface area contributed by atoms with Gasteiger partial charge in [-0.2, -0.15) is 0 Å². The predicted molar refractivity (Wildman–Crippen MR) is 70.2 cm³/mol. The van der Waals surface area contributed by atoms with Gasteiger partial charge in [-0.05, 0) is 30.0 Å². The van der Waals surface area contributed by atoms with Crippen LogP contribution in [0.1, 0.15) is 40.0 Å². The molecule has 1 heterocycles. The fourth-order valence-electron chi connectivity index (χ4n) is 3.46. The first-order chi connectivity index (χ1) is 7.46. The number of rotatable bonds is 1. The minimum atomic E-state index is 0.507. The fraction of sp³-hybridized carbons (Fsp3) is 0.917. The van der Waals surface area contributed by atoms with Gasteiger partial charge in [-0.1, -0.05) is 20.8 Å². The van der Waals surface area contributed by atoms with Crippen LogP contribution in [0.4, 0.5) is 0 Å². The largest absolute Gasteiger partial charge is 0.316 e. The average molecular weight is 242 g/mol. The van der Waals surface area contributed by atoms with Gasteiger partial charge in [0.25, 0.3) is 0 Å². The predicted octanol–water partition coefficient (Wildman–Crippen LogP) is 0.479. The van der Waals surface area contributed by atoms with Gasteiger partial charge in [0.1, 0.15) is 0 Å². The lowest BCUT2D eigenvalue weighted by Gasteiger charge is -2.43. The zero-order chi connectivity index (χ0) is 11.8. The van der Waals surface area contributed by atoms with Gasteiger partial charge < -0.3 is 10.6 Å². The van der Waals surface area contributed by atoms with E-state index in [0.717, 1.165) is 30.4 Å². The van der Waals surface area contributed by atoms with Gasteiger partial charge in [0.2, 0.25) is 0 Å². The third-order valence-electron chi connectivity index (χ3n) is 3.92. The van der Waals surface area contributed by atoms with Crippen molar-refractivity contribution in [3.63, 3.8) is 0 Å². The summed E-state index contributed by atoms with van der Waals surface area (Å²) >= 11 is 5.09. The molecule has 1 aliphatic heterocycles. The molecule has 0 spiro atoms. The second kappa shape index (κ2) is 4.49. The number of hydrogen-bond acceptors (Lipinski definition) is 1. The van der Waals surface area contributed by atoms with Gasteiger partial charge in [-0.15, -0.1) is 0 Å². The molecule has 92 valence electrons. The molecule has 0 radical (unpaired) electrons. The molecular formula is C12H24N3S+. The number of hydrogen-bond donors (Lipinski definition) is 3. The molecule has 0 amide bonds. The summed E-state index contributed by atoms with van der Waals surface area (Å²) in [5.74, 6) is 0.857. The van der Waals surface area contributed by atoms with Crippen molar-refractivity contribution in [2.24, 2.45) is 11.3 Å². The number of nitrogens with one attached hydrogen (secondary N) is 3. The van der Waals surface area contributed by atoms with Crippen molar-refractivity contribution in [2.45, 2.75) is 46.1 Å². The molecule has 3 nitrogen and oxygen atoms in total. The lowest BCUT2D eigenvalue weighted by molar-refractivity contribution is -0.934. The van der Waals surface area contributed by atoms with E-state index in [2.05, 4.69) is 31.4 Å². The summed E-state index contributed by atoms with van der Waals surface area (Å²) in [6, 6.07) is 0.779. The van der Waals surface area contributed by atoms with Crippen LogP contribution in [0.5, 0.6) is 0 Å². The lowest BCUT2D eigenvalue weighted by atomic mass is 9.70. The minimum absolute atomic E-state index is 0.507. The van der Waals surface area contributed by atoms with E-state index in [1.54, 1.807) is 4.90 Å². The van der Waals surface area contributed by atoms with Gasteiger partial charge in [0.05, 0.1) is 6.04 Å². The molecule has 2 aliphatic rings. The van der Waals surface area contributed by atoms with Crippen LogP contribution in [0.15, 0.2) is 0 Å². The van der Waals surface area contributed by atoms with Crippen LogP contribution in [0.2, 0.25) is 0 Å². The van der Waals surface area contributed by atoms with Gasteiger partial charge in [0, 0.05) is 12.8 Å². The molecule has 2 fully saturated rings. The Hall–Kier alpha value is -0.350. The summed E-state index contributed by atoms with van der Waals surface area (Å²) in [5, 5.41) is 7.32. The highest BCUT2D eigenvalue weighted by Gasteiger charge is 2.37. The molecular weight excluding hydrogens is 218 g/mol. The van der Waals surface area contributed by atoms with Crippen molar-refractivity contribution in [3.05, 3.63) is 0 Å². The van der Waals surface area contributed by atoms with Crippen LogP contribution >= 0.6 is 12.2 Å². The van der Waals surface area contributed by atoms with E-state index in [1.807, 2.05) is 0 Å². The highest BCUT2D eigenvalue weighted by molar-refractivity contribution is 7.80. The van der Waals surface area contributed by atoms with Crippen LogP contribution < -0.4 is 15.5 Å². The summed E-state index contributed by atoms with van der Waals surface area (Å²) in [7, 11) is 0. The highest BCUT2D eigenvalue weighted by Crippen LogP contribution is 2.37. The van der Waals surface area contributed by atoms with Crippen molar-refractivity contribution < 1.29 is 4.90 Å². The molecule has 2 rings (SSSR count). The molecule has 0 aromatic carbocycles. The van der Waals surface area contributed by atoms with Crippen LogP contribution in [0, 0.1) is 11.3 Å². The molecule has 0 aromatic rings. The number of quaternary nitrogens is 1. The molecule has 2 atom stereocenters. The summed E-state index contributed by atoms with van der Waals surface area (Å²) in [4.78, 5) is 1.62. The van der Waals surface area contributed by atoms with E-state index in [9.17, 15) is 0 Å². The smallest absolute Gasteiger partial charge is 0.174 e. The van der Waals surface area contributed by atoms with E-state index in [1.165, 1.54) is 19.3 Å². The van der Waals surface area contributed by atoms with Crippen molar-refractivity contribution in [1.29, 1.82) is 0 Å². The van der Waals surface area contributed by atoms with Gasteiger partial charge >= 0.3 is 0 Å². The van der Waals surface area contributed by atoms with E-state index >= 15 is 0 Å². The highest BCUT2D eigenvalue weighted by atomic mass is 32.1. The van der Waals surface area contributed by atoms with Crippen LogP contribution in [-0.4, -0.2) is 24.5 Å². The third-order valence-corrected chi connectivity index (χ3v) is 4.20. The molecule has 1 saturated carbocycles. The minimum Gasteiger partial charge on any atom is -0.316 e.